The zero-order chi connectivity index (χ0) is 18.4. The number of carbonyl (C=O) groups excluding carboxylic acids is 2. The maximum Gasteiger partial charge on any atom is 0.253 e. The number of anilines is 1. The van der Waals surface area contributed by atoms with Crippen LogP contribution in [0, 0.1) is 0 Å². The van der Waals surface area contributed by atoms with Crippen LogP contribution in [-0.2, 0) is 11.8 Å². The summed E-state index contributed by atoms with van der Waals surface area (Å²) < 4.78 is 1.65. The Labute approximate surface area is 148 Å². The Morgan fingerprint density at radius 1 is 1.28 bits per heavy atom. The van der Waals surface area contributed by atoms with Crippen molar-refractivity contribution in [3.8, 4) is 0 Å². The van der Waals surface area contributed by atoms with Crippen LogP contribution >= 0.6 is 0 Å². The van der Waals surface area contributed by atoms with Crippen LogP contribution in [0.4, 0.5) is 5.69 Å². The molecule has 7 heteroatoms. The summed E-state index contributed by atoms with van der Waals surface area (Å²) >= 11 is 0. The van der Waals surface area contributed by atoms with Gasteiger partial charge in [-0.25, -0.2) is 0 Å². The predicted molar refractivity (Wildman–Crippen MR) is 97.3 cm³/mol. The summed E-state index contributed by atoms with van der Waals surface area (Å²) in [5.74, 6) is -0.249. The lowest BCUT2D eigenvalue weighted by Crippen LogP contribution is -2.31. The van der Waals surface area contributed by atoms with Crippen molar-refractivity contribution in [2.24, 2.45) is 7.05 Å². The number of hydrogen-bond donors (Lipinski definition) is 2. The van der Waals surface area contributed by atoms with Crippen molar-refractivity contribution in [1.82, 2.24) is 20.0 Å². The third-order valence-electron chi connectivity index (χ3n) is 4.04. The molecule has 1 aromatic heterocycles. The molecule has 2 rings (SSSR count). The van der Waals surface area contributed by atoms with Gasteiger partial charge in [-0.1, -0.05) is 6.07 Å². The molecule has 0 saturated carbocycles. The molecule has 1 atom stereocenters. The zero-order valence-electron chi connectivity index (χ0n) is 15.1. The quantitative estimate of drug-likeness (QED) is 0.803. The van der Waals surface area contributed by atoms with Crippen LogP contribution < -0.4 is 10.6 Å². The minimum Gasteiger partial charge on any atom is -0.339 e. The fraction of sp³-hybridized carbons (Fsp3) is 0.389. The average molecular weight is 343 g/mol. The normalized spacial score (nSPS) is 11.8. The fourth-order valence-corrected chi connectivity index (χ4v) is 2.68. The van der Waals surface area contributed by atoms with E-state index >= 15 is 0 Å². The number of likely N-dealkylation sites (N-methyl/N-ethyl adjacent to an activating group) is 1. The van der Waals surface area contributed by atoms with Crippen LogP contribution in [0.1, 0.15) is 35.8 Å². The average Bonchev–Trinajstić information content (AvgIpc) is 3.02. The Bertz CT molecular complexity index is 737. The highest BCUT2D eigenvalue weighted by atomic mass is 16.2. The van der Waals surface area contributed by atoms with Crippen molar-refractivity contribution >= 4 is 17.5 Å². The second kappa shape index (κ2) is 8.43. The van der Waals surface area contributed by atoms with E-state index < -0.39 is 6.04 Å². The van der Waals surface area contributed by atoms with Gasteiger partial charge in [0.2, 0.25) is 5.91 Å². The zero-order valence-corrected chi connectivity index (χ0v) is 15.1. The summed E-state index contributed by atoms with van der Waals surface area (Å²) in [4.78, 5) is 26.8. The highest BCUT2D eigenvalue weighted by Crippen LogP contribution is 2.17. The first-order chi connectivity index (χ1) is 12.0. The summed E-state index contributed by atoms with van der Waals surface area (Å²) in [6.07, 6.45) is 3.45. The summed E-state index contributed by atoms with van der Waals surface area (Å²) in [5.41, 5.74) is 1.92. The molecule has 2 aromatic rings. The number of aryl methyl sites for hydroxylation is 1. The lowest BCUT2D eigenvalue weighted by molar-refractivity contribution is -0.118. The summed E-state index contributed by atoms with van der Waals surface area (Å²) in [5, 5.41) is 9.94. The van der Waals surface area contributed by atoms with Crippen molar-refractivity contribution < 1.29 is 9.59 Å². The summed E-state index contributed by atoms with van der Waals surface area (Å²) in [6, 6.07) is 6.48. The number of hydrogen-bond acceptors (Lipinski definition) is 4. The number of benzene rings is 1. The molecular weight excluding hydrogens is 318 g/mol. The Hall–Kier alpha value is -2.67. The topological polar surface area (TPSA) is 79.3 Å². The third kappa shape index (κ3) is 4.45. The van der Waals surface area contributed by atoms with Gasteiger partial charge in [0.05, 0.1) is 6.20 Å². The minimum atomic E-state index is -0.518. The van der Waals surface area contributed by atoms with Crippen molar-refractivity contribution in [2.75, 3.05) is 25.5 Å². The van der Waals surface area contributed by atoms with E-state index in [-0.39, 0.29) is 11.8 Å². The summed E-state index contributed by atoms with van der Waals surface area (Å²) in [7, 11) is 3.52. The fourth-order valence-electron chi connectivity index (χ4n) is 2.68. The number of aromatic nitrogens is 2. The molecule has 1 aromatic carbocycles. The first-order valence-electron chi connectivity index (χ1n) is 8.36. The number of amides is 2. The van der Waals surface area contributed by atoms with E-state index in [4.69, 9.17) is 0 Å². The monoisotopic (exact) mass is 343 g/mol. The van der Waals surface area contributed by atoms with E-state index in [1.807, 2.05) is 13.8 Å². The molecule has 1 heterocycles. The Morgan fingerprint density at radius 2 is 2.00 bits per heavy atom. The van der Waals surface area contributed by atoms with Crippen LogP contribution in [0.3, 0.4) is 0 Å². The van der Waals surface area contributed by atoms with E-state index in [1.54, 1.807) is 60.3 Å². The Balaban J connectivity index is 2.15. The van der Waals surface area contributed by atoms with Gasteiger partial charge in [-0.15, -0.1) is 0 Å². The Kier molecular flexibility index (Phi) is 6.30. The number of carbonyl (C=O) groups is 2. The smallest absolute Gasteiger partial charge is 0.253 e. The molecule has 25 heavy (non-hydrogen) atoms. The SMILES string of the molecule is CCN(CC)C(=O)c1cccc(NC(=O)C(NC)c2cnn(C)c2)c1. The van der Waals surface area contributed by atoms with Crippen molar-refractivity contribution in [3.05, 3.63) is 47.8 Å². The van der Waals surface area contributed by atoms with Gasteiger partial charge in [-0.05, 0) is 39.1 Å². The molecule has 0 spiro atoms. The molecule has 0 saturated heterocycles. The minimum absolute atomic E-state index is 0.0430. The molecule has 0 aliphatic heterocycles. The van der Waals surface area contributed by atoms with Gasteiger partial charge < -0.3 is 15.5 Å². The molecule has 0 bridgehead atoms. The number of rotatable bonds is 7. The van der Waals surface area contributed by atoms with Gasteiger partial charge in [-0.2, -0.15) is 5.10 Å². The highest BCUT2D eigenvalue weighted by Gasteiger charge is 2.21. The standard InChI is InChI=1S/C18H25N5O2/c1-5-23(6-2)18(25)13-8-7-9-15(10-13)21-17(24)16(19-3)14-11-20-22(4)12-14/h7-12,16,19H,5-6H2,1-4H3,(H,21,24). The largest absolute Gasteiger partial charge is 0.339 e. The van der Waals surface area contributed by atoms with Crippen LogP contribution in [-0.4, -0.2) is 46.6 Å². The molecule has 0 aliphatic carbocycles. The van der Waals surface area contributed by atoms with Gasteiger partial charge in [0.15, 0.2) is 0 Å². The summed E-state index contributed by atoms with van der Waals surface area (Å²) in [6.45, 7) is 5.18. The molecule has 134 valence electrons. The van der Waals surface area contributed by atoms with E-state index in [1.165, 1.54) is 0 Å². The van der Waals surface area contributed by atoms with Gasteiger partial charge in [0.25, 0.3) is 5.91 Å². The van der Waals surface area contributed by atoms with E-state index in [0.717, 1.165) is 5.56 Å². The van der Waals surface area contributed by atoms with Gasteiger partial charge in [-0.3, -0.25) is 14.3 Å². The third-order valence-corrected chi connectivity index (χ3v) is 4.04. The molecule has 2 amide bonds. The molecule has 0 fully saturated rings. The van der Waals surface area contributed by atoms with Crippen LogP contribution in [0.25, 0.3) is 0 Å². The van der Waals surface area contributed by atoms with Crippen molar-refractivity contribution in [1.29, 1.82) is 0 Å². The van der Waals surface area contributed by atoms with Crippen molar-refractivity contribution in [3.63, 3.8) is 0 Å². The lowest BCUT2D eigenvalue weighted by Gasteiger charge is -2.19. The molecule has 7 nitrogen and oxygen atoms in total. The first-order valence-corrected chi connectivity index (χ1v) is 8.36. The van der Waals surface area contributed by atoms with E-state index in [2.05, 4.69) is 15.7 Å². The van der Waals surface area contributed by atoms with Crippen LogP contribution in [0.15, 0.2) is 36.7 Å². The molecule has 2 N–H and O–H groups in total. The predicted octanol–water partition coefficient (Wildman–Crippen LogP) is 1.80. The highest BCUT2D eigenvalue weighted by molar-refractivity contribution is 5.98. The first kappa shape index (κ1) is 18.7. The Morgan fingerprint density at radius 3 is 2.56 bits per heavy atom. The second-order valence-corrected chi connectivity index (χ2v) is 5.72. The van der Waals surface area contributed by atoms with Gasteiger partial charge >= 0.3 is 0 Å². The van der Waals surface area contributed by atoms with Crippen LogP contribution in [0.2, 0.25) is 0 Å². The molecule has 0 aliphatic rings. The van der Waals surface area contributed by atoms with E-state index in [0.29, 0.717) is 24.3 Å². The molecule has 0 radical (unpaired) electrons. The van der Waals surface area contributed by atoms with E-state index in [9.17, 15) is 9.59 Å². The number of nitrogens with one attached hydrogen (secondary N) is 2. The lowest BCUT2D eigenvalue weighted by atomic mass is 10.1. The maximum absolute atomic E-state index is 12.6. The maximum atomic E-state index is 12.6. The van der Waals surface area contributed by atoms with Crippen molar-refractivity contribution in [2.45, 2.75) is 19.9 Å². The van der Waals surface area contributed by atoms with Crippen LogP contribution in [0.5, 0.6) is 0 Å². The molecule has 1 unspecified atom stereocenters. The number of nitrogens with zero attached hydrogens (tertiary/aromatic N) is 3. The van der Waals surface area contributed by atoms with Gasteiger partial charge in [0.1, 0.15) is 6.04 Å². The second-order valence-electron chi connectivity index (χ2n) is 5.72. The molecular formula is C18H25N5O2. The van der Waals surface area contributed by atoms with Gasteiger partial charge in [0, 0.05) is 43.1 Å².